The standard InChI is InChI=1S/2C9H11.2C8H10O.2CH3.H2Si.Zr/c2*1-2-5-9-7-3-6-8(9)4-1;2*1-6-4-3-5-7(2)8(6)9;;;;/h2*3,6-7H,1-2,4-5H2;2*3-5,9H,1-2H3;2*1H3;1H2;. The van der Waals surface area contributed by atoms with E-state index < -0.39 is 17.4 Å². The fraction of sp³-hybridized carbons (Fsp3) is 0.444. The summed E-state index contributed by atoms with van der Waals surface area (Å²) >= 11 is -2.85. The summed E-state index contributed by atoms with van der Waals surface area (Å²) in [7, 11) is 0. The number of hydrogen-bond donors (Lipinski definition) is 2. The van der Waals surface area contributed by atoms with Crippen LogP contribution in [0.4, 0.5) is 0 Å². The summed E-state index contributed by atoms with van der Waals surface area (Å²) in [4.78, 5) is 0. The van der Waals surface area contributed by atoms with Crippen LogP contribution in [0.2, 0.25) is 16.5 Å². The van der Waals surface area contributed by atoms with Crippen LogP contribution in [0.25, 0.3) is 0 Å². The number of hydrogen-bond acceptors (Lipinski definition) is 2. The van der Waals surface area contributed by atoms with Crippen LogP contribution in [-0.2, 0) is 17.4 Å². The van der Waals surface area contributed by atoms with Crippen molar-refractivity contribution in [3.8, 4) is 11.5 Å². The fourth-order valence-electron chi connectivity index (χ4n) is 7.23. The molecule has 214 valence electrons. The second kappa shape index (κ2) is 12.5. The first-order chi connectivity index (χ1) is 18.9. The predicted molar refractivity (Wildman–Crippen MR) is 172 cm³/mol. The van der Waals surface area contributed by atoms with Crippen molar-refractivity contribution < 1.29 is 27.6 Å². The molecule has 2 atom stereocenters. The van der Waals surface area contributed by atoms with Gasteiger partial charge >= 0.3 is 139 Å². The number of aryl methyl sites for hydroxylation is 4. The van der Waals surface area contributed by atoms with Crippen LogP contribution >= 0.6 is 0 Å². The molecule has 4 aliphatic carbocycles. The first kappa shape index (κ1) is 31.0. The van der Waals surface area contributed by atoms with E-state index >= 15 is 0 Å². The summed E-state index contributed by atoms with van der Waals surface area (Å²) in [6.45, 7) is 10.1. The van der Waals surface area contributed by atoms with E-state index in [-0.39, 0.29) is 0 Å². The van der Waals surface area contributed by atoms with Crippen LogP contribution in [0.5, 0.6) is 11.5 Å². The molecule has 2 unspecified atom stereocenters. The number of rotatable bonds is 2. The molecule has 2 nitrogen and oxygen atoms in total. The summed E-state index contributed by atoms with van der Waals surface area (Å²) in [6, 6.07) is 11.4. The Bertz CT molecular complexity index is 1310. The average Bonchev–Trinajstić information content (AvgIpc) is 3.57. The maximum atomic E-state index is 9.21. The molecule has 0 saturated carbocycles. The van der Waals surface area contributed by atoms with Gasteiger partial charge in [0.1, 0.15) is 11.5 Å². The van der Waals surface area contributed by atoms with Gasteiger partial charge in [0.05, 0.1) is 0 Å². The van der Waals surface area contributed by atoms with Gasteiger partial charge in [0, 0.05) is 0 Å². The second-order valence-electron chi connectivity index (χ2n) is 13.6. The van der Waals surface area contributed by atoms with Crippen LogP contribution in [0, 0.1) is 27.7 Å². The third-order valence-corrected chi connectivity index (χ3v) is 27.7. The van der Waals surface area contributed by atoms with Gasteiger partial charge < -0.3 is 10.2 Å². The van der Waals surface area contributed by atoms with Gasteiger partial charge in [-0.3, -0.25) is 0 Å². The van der Waals surface area contributed by atoms with Gasteiger partial charge in [0.25, 0.3) is 0 Å². The number of para-hydroxylation sites is 2. The third kappa shape index (κ3) is 6.60. The van der Waals surface area contributed by atoms with Crippen molar-refractivity contribution in [1.82, 2.24) is 0 Å². The monoisotopic (exact) mass is 632 g/mol. The molecule has 0 heterocycles. The van der Waals surface area contributed by atoms with E-state index in [1.807, 2.05) is 75.2 Å². The van der Waals surface area contributed by atoms with E-state index in [1.54, 1.807) is 11.1 Å². The summed E-state index contributed by atoms with van der Waals surface area (Å²) < 4.78 is 7.22. The molecule has 2 aromatic rings. The molecule has 0 saturated heterocycles. The number of allylic oxidation sites excluding steroid dienone is 8. The molecule has 4 aliphatic rings. The summed E-state index contributed by atoms with van der Waals surface area (Å²) in [5.74, 6) is 0.829. The Morgan fingerprint density at radius 3 is 1.25 bits per heavy atom. The Kier molecular flexibility index (Phi) is 9.73. The van der Waals surface area contributed by atoms with Gasteiger partial charge in [-0.2, -0.15) is 0 Å². The molecule has 0 fully saturated rings. The first-order valence-corrected chi connectivity index (χ1v) is 28.9. The van der Waals surface area contributed by atoms with Gasteiger partial charge in [-0.15, -0.1) is 0 Å². The predicted octanol–water partition coefficient (Wildman–Crippen LogP) is 9.80. The van der Waals surface area contributed by atoms with Gasteiger partial charge in [0.2, 0.25) is 0 Å². The SMILES string of the molecule is Cc1cccc(C)c1O.Cc1cccc(C)c1O.[CH3][Zr]([CH3])(=[SiH2])([CH]1C=CC2=C1CCCC2)[CH]1C=CC2=C1CCCC2. The minimum atomic E-state index is -2.85. The quantitative estimate of drug-likeness (QED) is 0.323. The van der Waals surface area contributed by atoms with Crippen molar-refractivity contribution in [3.05, 3.63) is 105 Å². The van der Waals surface area contributed by atoms with Crippen molar-refractivity contribution in [2.45, 2.75) is 95.6 Å². The van der Waals surface area contributed by atoms with Gasteiger partial charge in [0.15, 0.2) is 0 Å². The molecule has 2 aromatic carbocycles. The number of benzene rings is 2. The van der Waals surface area contributed by atoms with E-state index in [9.17, 15) is 10.2 Å². The molecule has 2 N–H and O–H groups in total. The van der Waals surface area contributed by atoms with Crippen LogP contribution < -0.4 is 0 Å². The van der Waals surface area contributed by atoms with Crippen molar-refractivity contribution in [2.24, 2.45) is 0 Å². The Morgan fingerprint density at radius 2 is 0.925 bits per heavy atom. The fourth-order valence-corrected chi connectivity index (χ4v) is 23.5. The molecular weight excluding hydrogens is 584 g/mol. The van der Waals surface area contributed by atoms with Crippen molar-refractivity contribution >= 4 is 6.88 Å². The first-order valence-electron chi connectivity index (χ1n) is 15.3. The Hall–Kier alpha value is -1.90. The normalized spacial score (nSPS) is 21.8. The van der Waals surface area contributed by atoms with Crippen molar-refractivity contribution in [1.29, 1.82) is 0 Å². The molecule has 4 heteroatoms. The number of phenolic OH excluding ortho intramolecular Hbond substituents is 2. The summed E-state index contributed by atoms with van der Waals surface area (Å²) in [5, 5.41) is 18.4. The molecule has 40 heavy (non-hydrogen) atoms. The minimum absolute atomic E-state index is 0.414. The molecule has 0 bridgehead atoms. The van der Waals surface area contributed by atoms with Crippen LogP contribution in [-0.4, -0.2) is 17.1 Å². The van der Waals surface area contributed by atoms with E-state index in [0.717, 1.165) is 29.5 Å². The van der Waals surface area contributed by atoms with E-state index in [4.69, 9.17) is 0 Å². The van der Waals surface area contributed by atoms with E-state index in [2.05, 4.69) is 40.4 Å². The van der Waals surface area contributed by atoms with Crippen molar-refractivity contribution in [2.75, 3.05) is 0 Å². The van der Waals surface area contributed by atoms with Crippen LogP contribution in [0.3, 0.4) is 0 Å². The van der Waals surface area contributed by atoms with Gasteiger partial charge in [-0.05, 0) is 49.9 Å². The third-order valence-electron chi connectivity index (χ3n) is 9.76. The number of aromatic hydroxyl groups is 2. The zero-order valence-electron chi connectivity index (χ0n) is 25.7. The Labute approximate surface area is 245 Å². The van der Waals surface area contributed by atoms with E-state index in [0.29, 0.717) is 11.5 Å². The molecule has 0 amide bonds. The van der Waals surface area contributed by atoms with Crippen molar-refractivity contribution in [3.63, 3.8) is 0 Å². The number of phenols is 2. The molecule has 6 rings (SSSR count). The molecule has 0 aromatic heterocycles. The molecule has 0 radical (unpaired) electrons. The molecular formula is C36H50O2SiZr. The van der Waals surface area contributed by atoms with Gasteiger partial charge in [-0.25, -0.2) is 0 Å². The zero-order valence-corrected chi connectivity index (χ0v) is 29.6. The average molecular weight is 634 g/mol. The maximum absolute atomic E-state index is 9.21. The van der Waals surface area contributed by atoms with Crippen LogP contribution in [0.1, 0.15) is 73.6 Å². The Balaban J connectivity index is 0.000000169. The van der Waals surface area contributed by atoms with Crippen LogP contribution in [0.15, 0.2) is 83.0 Å². The summed E-state index contributed by atoms with van der Waals surface area (Å²) in [5.41, 5.74) is 11.0. The summed E-state index contributed by atoms with van der Waals surface area (Å²) in [6.07, 6.45) is 21.5. The Morgan fingerprint density at radius 1 is 0.600 bits per heavy atom. The molecule has 0 spiro atoms. The van der Waals surface area contributed by atoms with E-state index in [1.165, 1.54) is 51.4 Å². The topological polar surface area (TPSA) is 40.5 Å². The second-order valence-corrected chi connectivity index (χ2v) is 44.3. The van der Waals surface area contributed by atoms with Gasteiger partial charge in [-0.1, -0.05) is 36.4 Å². The zero-order chi connectivity index (χ0) is 29.1. The molecule has 0 aliphatic heterocycles.